The van der Waals surface area contributed by atoms with Crippen molar-refractivity contribution in [3.05, 3.63) is 0 Å². The van der Waals surface area contributed by atoms with Crippen LogP contribution in [0.1, 0.15) is 27.2 Å². The second kappa shape index (κ2) is 6.00. The molecule has 2 heterocycles. The van der Waals surface area contributed by atoms with E-state index in [1.54, 1.807) is 0 Å². The second-order valence-electron chi connectivity index (χ2n) is 4.44. The molecule has 0 N–H and O–H groups in total. The van der Waals surface area contributed by atoms with Crippen molar-refractivity contribution in [3.63, 3.8) is 0 Å². The maximum atomic E-state index is 10.7. The van der Waals surface area contributed by atoms with Crippen LogP contribution in [0.15, 0.2) is 0 Å². The zero-order chi connectivity index (χ0) is 13.2. The topological polar surface area (TPSA) is 52.6 Å². The number of rotatable bonds is 0. The quantitative estimate of drug-likeness (QED) is 0.521. The van der Waals surface area contributed by atoms with Gasteiger partial charge in [0.1, 0.15) is 22.7 Å². The van der Waals surface area contributed by atoms with E-state index in [0.717, 1.165) is 6.42 Å². The van der Waals surface area contributed by atoms with Gasteiger partial charge in [0, 0.05) is 12.3 Å². The number of thiol groups is 2. The molecule has 2 aliphatic rings. The first kappa shape index (κ1) is 14.7. The number of hydrogen-bond acceptors (Lipinski definition) is 6. The lowest BCUT2D eigenvalue weighted by Crippen LogP contribution is -2.14. The Morgan fingerprint density at radius 2 is 1.65 bits per heavy atom. The van der Waals surface area contributed by atoms with E-state index in [9.17, 15) is 9.59 Å². The van der Waals surface area contributed by atoms with Gasteiger partial charge < -0.3 is 9.47 Å². The fraction of sp³-hybridized carbons (Fsp3) is 0.818. The molecule has 4 nitrogen and oxygen atoms in total. The summed E-state index contributed by atoms with van der Waals surface area (Å²) in [4.78, 5) is 21.2. The molecule has 0 bridgehead atoms. The summed E-state index contributed by atoms with van der Waals surface area (Å²) in [6, 6.07) is 0. The smallest absolute Gasteiger partial charge is 0.319 e. The van der Waals surface area contributed by atoms with Crippen molar-refractivity contribution in [2.24, 2.45) is 5.92 Å². The van der Waals surface area contributed by atoms with Gasteiger partial charge in [0.15, 0.2) is 0 Å². The molecule has 0 aliphatic carbocycles. The zero-order valence-corrected chi connectivity index (χ0v) is 11.9. The first-order valence-electron chi connectivity index (χ1n) is 5.60. The van der Waals surface area contributed by atoms with Crippen molar-refractivity contribution in [2.45, 2.75) is 49.9 Å². The summed E-state index contributed by atoms with van der Waals surface area (Å²) >= 11 is 8.04. The minimum atomic E-state index is -0.208. The van der Waals surface area contributed by atoms with Crippen LogP contribution in [0.4, 0.5) is 0 Å². The molecule has 2 rings (SSSR count). The molecular weight excluding hydrogens is 260 g/mol. The molecule has 2 fully saturated rings. The van der Waals surface area contributed by atoms with Crippen LogP contribution in [-0.4, -0.2) is 34.6 Å². The van der Waals surface area contributed by atoms with Gasteiger partial charge in [0.2, 0.25) is 0 Å². The molecule has 2 saturated heterocycles. The van der Waals surface area contributed by atoms with Crippen LogP contribution >= 0.6 is 25.3 Å². The number of hydrogen-bond donors (Lipinski definition) is 2. The lowest BCUT2D eigenvalue weighted by molar-refractivity contribution is -0.141. The Balaban J connectivity index is 0.000000171. The fourth-order valence-corrected chi connectivity index (χ4v) is 2.23. The summed E-state index contributed by atoms with van der Waals surface area (Å²) < 4.78 is 9.63. The highest BCUT2D eigenvalue weighted by Gasteiger charge is 2.36. The molecule has 0 saturated carbocycles. The molecular formula is C11H18O4S2. The predicted molar refractivity (Wildman–Crippen MR) is 70.4 cm³/mol. The largest absolute Gasteiger partial charge is 0.462 e. The molecule has 0 spiro atoms. The van der Waals surface area contributed by atoms with Gasteiger partial charge in [-0.25, -0.2) is 0 Å². The summed E-state index contributed by atoms with van der Waals surface area (Å²) in [6.45, 7) is 5.72. The summed E-state index contributed by atoms with van der Waals surface area (Å²) in [7, 11) is 0. The molecule has 0 radical (unpaired) electrons. The van der Waals surface area contributed by atoms with Crippen molar-refractivity contribution < 1.29 is 19.1 Å². The second-order valence-corrected chi connectivity index (χ2v) is 5.62. The summed E-state index contributed by atoms with van der Waals surface area (Å²) in [5.74, 6) is -0.111. The van der Waals surface area contributed by atoms with Crippen LogP contribution in [0.2, 0.25) is 0 Å². The first-order valence-corrected chi connectivity index (χ1v) is 6.63. The van der Waals surface area contributed by atoms with Crippen molar-refractivity contribution in [2.75, 3.05) is 0 Å². The van der Waals surface area contributed by atoms with E-state index in [-0.39, 0.29) is 40.6 Å². The molecule has 2 aliphatic heterocycles. The molecule has 17 heavy (non-hydrogen) atoms. The van der Waals surface area contributed by atoms with Gasteiger partial charge in [-0.05, 0) is 13.8 Å². The van der Waals surface area contributed by atoms with Crippen LogP contribution in [0, 0.1) is 5.92 Å². The average Bonchev–Trinajstić information content (AvgIpc) is 2.64. The molecule has 5 atom stereocenters. The van der Waals surface area contributed by atoms with Gasteiger partial charge in [-0.15, -0.1) is 0 Å². The van der Waals surface area contributed by atoms with E-state index in [1.807, 2.05) is 20.8 Å². The Hall–Kier alpha value is -0.360. The fourth-order valence-electron chi connectivity index (χ4n) is 1.57. The van der Waals surface area contributed by atoms with Crippen molar-refractivity contribution in [1.29, 1.82) is 0 Å². The minimum Gasteiger partial charge on any atom is -0.462 e. The highest BCUT2D eigenvalue weighted by Crippen LogP contribution is 2.25. The lowest BCUT2D eigenvalue weighted by atomic mass is 10.1. The van der Waals surface area contributed by atoms with Gasteiger partial charge in [0.25, 0.3) is 0 Å². The lowest BCUT2D eigenvalue weighted by Gasteiger charge is -2.06. The van der Waals surface area contributed by atoms with E-state index in [2.05, 4.69) is 25.3 Å². The number of ether oxygens (including phenoxy) is 2. The van der Waals surface area contributed by atoms with Gasteiger partial charge >= 0.3 is 11.9 Å². The summed E-state index contributed by atoms with van der Waals surface area (Å²) in [6.07, 6.45) is 0.868. The van der Waals surface area contributed by atoms with Crippen LogP contribution in [0.25, 0.3) is 0 Å². The van der Waals surface area contributed by atoms with Crippen molar-refractivity contribution >= 4 is 37.2 Å². The van der Waals surface area contributed by atoms with E-state index >= 15 is 0 Å². The SMILES string of the molecule is CC1CC(S)C(=O)O1.CC1OC(=O)C(S)C1C. The molecule has 0 aromatic carbocycles. The van der Waals surface area contributed by atoms with Gasteiger partial charge in [-0.1, -0.05) is 6.92 Å². The van der Waals surface area contributed by atoms with Crippen LogP contribution < -0.4 is 0 Å². The monoisotopic (exact) mass is 278 g/mol. The normalized spacial score (nSPS) is 40.4. The Morgan fingerprint density at radius 1 is 1.06 bits per heavy atom. The summed E-state index contributed by atoms with van der Waals surface area (Å²) in [5, 5.41) is -0.384. The summed E-state index contributed by atoms with van der Waals surface area (Å²) in [5.41, 5.74) is 0. The van der Waals surface area contributed by atoms with E-state index in [1.165, 1.54) is 0 Å². The van der Waals surface area contributed by atoms with Crippen LogP contribution in [0.3, 0.4) is 0 Å². The molecule has 5 unspecified atom stereocenters. The third kappa shape index (κ3) is 3.81. The van der Waals surface area contributed by atoms with E-state index < -0.39 is 0 Å². The maximum absolute atomic E-state index is 10.7. The number of cyclic esters (lactones) is 2. The number of esters is 2. The highest BCUT2D eigenvalue weighted by molar-refractivity contribution is 7.82. The third-order valence-corrected chi connectivity index (χ3v) is 4.03. The predicted octanol–water partition coefficient (Wildman–Crippen LogP) is 1.49. The van der Waals surface area contributed by atoms with E-state index in [0.29, 0.717) is 0 Å². The van der Waals surface area contributed by atoms with Gasteiger partial charge in [-0.3, -0.25) is 9.59 Å². The molecule has 0 amide bonds. The van der Waals surface area contributed by atoms with Gasteiger partial charge in [-0.2, -0.15) is 25.3 Å². The molecule has 6 heteroatoms. The Kier molecular flexibility index (Phi) is 5.19. The Morgan fingerprint density at radius 3 is 1.76 bits per heavy atom. The molecule has 0 aromatic rings. The van der Waals surface area contributed by atoms with Crippen LogP contribution in [-0.2, 0) is 19.1 Å². The average molecular weight is 278 g/mol. The highest BCUT2D eigenvalue weighted by atomic mass is 32.1. The third-order valence-electron chi connectivity index (χ3n) is 2.93. The van der Waals surface area contributed by atoms with E-state index in [4.69, 9.17) is 9.47 Å². The first-order chi connectivity index (χ1) is 7.82. The Bertz CT molecular complexity index is 308. The van der Waals surface area contributed by atoms with Crippen molar-refractivity contribution in [1.82, 2.24) is 0 Å². The zero-order valence-electron chi connectivity index (χ0n) is 10.1. The van der Waals surface area contributed by atoms with Crippen LogP contribution in [0.5, 0.6) is 0 Å². The minimum absolute atomic E-state index is 0.0417. The maximum Gasteiger partial charge on any atom is 0.319 e. The Labute approximate surface area is 112 Å². The van der Waals surface area contributed by atoms with Crippen molar-refractivity contribution in [3.8, 4) is 0 Å². The molecule has 98 valence electrons. The molecule has 0 aromatic heterocycles. The standard InChI is InChI=1S/C6H10O2S.C5H8O2S/c1-3-4(2)8-6(7)5(3)9;1-3-2-4(8)5(6)7-3/h3-5,9H,1-2H3;3-4,8H,2H2,1H3. The number of carbonyl (C=O) groups excluding carboxylic acids is 2. The number of carbonyl (C=O) groups is 2. The van der Waals surface area contributed by atoms with Gasteiger partial charge in [0.05, 0.1) is 0 Å².